The van der Waals surface area contributed by atoms with Crippen molar-refractivity contribution in [3.05, 3.63) is 46.5 Å². The molecule has 0 saturated heterocycles. The highest BCUT2D eigenvalue weighted by Crippen LogP contribution is 2.37. The van der Waals surface area contributed by atoms with E-state index in [4.69, 9.17) is 4.74 Å². The molecule has 0 radical (unpaired) electrons. The molecule has 104 valence electrons. The largest absolute Gasteiger partial charge is 0.462 e. The lowest BCUT2D eigenvalue weighted by molar-refractivity contribution is -0.138. The van der Waals surface area contributed by atoms with E-state index in [1.807, 2.05) is 25.1 Å². The Hall–Kier alpha value is -2.08. The van der Waals surface area contributed by atoms with E-state index in [2.05, 4.69) is 12.1 Å². The number of hydrogen-bond donors (Lipinski definition) is 0. The highest BCUT2D eigenvalue weighted by molar-refractivity contribution is 5.93. The van der Waals surface area contributed by atoms with E-state index >= 15 is 0 Å². The van der Waals surface area contributed by atoms with Crippen LogP contribution in [-0.2, 0) is 16.0 Å². The fourth-order valence-corrected chi connectivity index (χ4v) is 2.88. The van der Waals surface area contributed by atoms with Gasteiger partial charge in [-0.1, -0.05) is 24.3 Å². The van der Waals surface area contributed by atoms with Gasteiger partial charge in [-0.25, -0.2) is 4.79 Å². The Kier molecular flexibility index (Phi) is 4.57. The molecule has 0 fully saturated rings. The molecule has 0 spiro atoms. The van der Waals surface area contributed by atoms with Gasteiger partial charge in [-0.15, -0.1) is 0 Å². The quantitative estimate of drug-likeness (QED) is 0.479. The first-order chi connectivity index (χ1) is 9.69. The van der Waals surface area contributed by atoms with E-state index in [-0.39, 0.29) is 11.5 Å². The Balaban J connectivity index is 2.41. The zero-order valence-electron chi connectivity index (χ0n) is 12.0. The Morgan fingerprint density at radius 2 is 2.20 bits per heavy atom. The van der Waals surface area contributed by atoms with Crippen LogP contribution in [0.3, 0.4) is 0 Å². The Labute approximate surface area is 119 Å². The summed E-state index contributed by atoms with van der Waals surface area (Å²) in [5.74, 6) is -0.352. The molecule has 20 heavy (non-hydrogen) atoms. The smallest absolute Gasteiger partial charge is 0.348 e. The molecule has 1 aromatic rings. The van der Waals surface area contributed by atoms with Crippen molar-refractivity contribution in [1.29, 1.82) is 5.26 Å². The lowest BCUT2D eigenvalue weighted by Crippen LogP contribution is -2.15. The Bertz CT molecular complexity index is 581. The van der Waals surface area contributed by atoms with Gasteiger partial charge in [0.2, 0.25) is 0 Å². The number of rotatable bonds is 3. The van der Waals surface area contributed by atoms with Crippen molar-refractivity contribution in [3.8, 4) is 6.07 Å². The zero-order chi connectivity index (χ0) is 14.5. The number of aryl methyl sites for hydroxylation is 1. The van der Waals surface area contributed by atoms with Gasteiger partial charge in [0.1, 0.15) is 11.6 Å². The molecule has 1 atom stereocenters. The summed E-state index contributed by atoms with van der Waals surface area (Å²) in [6, 6.07) is 10.3. The minimum Gasteiger partial charge on any atom is -0.462 e. The van der Waals surface area contributed by atoms with Crippen LogP contribution in [0.1, 0.15) is 43.7 Å². The molecule has 3 nitrogen and oxygen atoms in total. The van der Waals surface area contributed by atoms with Gasteiger partial charge in [0, 0.05) is 5.92 Å². The molecule has 0 N–H and O–H groups in total. The van der Waals surface area contributed by atoms with Crippen LogP contribution in [0.15, 0.2) is 35.4 Å². The summed E-state index contributed by atoms with van der Waals surface area (Å²) in [4.78, 5) is 11.9. The summed E-state index contributed by atoms with van der Waals surface area (Å²) in [5.41, 5.74) is 3.56. The maximum absolute atomic E-state index is 11.9. The molecule has 1 unspecified atom stereocenters. The number of carbonyl (C=O) groups excluding carboxylic acids is 1. The zero-order valence-corrected chi connectivity index (χ0v) is 12.0. The number of fused-ring (bicyclic) bond motifs is 1. The maximum Gasteiger partial charge on any atom is 0.348 e. The minimum absolute atomic E-state index is 0.152. The van der Waals surface area contributed by atoms with Crippen molar-refractivity contribution in [2.75, 3.05) is 6.61 Å². The van der Waals surface area contributed by atoms with E-state index in [0.29, 0.717) is 6.61 Å². The summed E-state index contributed by atoms with van der Waals surface area (Å²) < 4.78 is 4.98. The van der Waals surface area contributed by atoms with Gasteiger partial charge < -0.3 is 4.74 Å². The highest BCUT2D eigenvalue weighted by atomic mass is 16.5. The molecule has 1 aliphatic rings. The van der Waals surface area contributed by atoms with Crippen LogP contribution in [0.2, 0.25) is 0 Å². The molecule has 0 aliphatic heterocycles. The van der Waals surface area contributed by atoms with Crippen molar-refractivity contribution < 1.29 is 9.53 Å². The number of nitriles is 1. The lowest BCUT2D eigenvalue weighted by atomic mass is 9.78. The standard InChI is InChI=1S/C17H19NO2/c1-3-20-17(19)16(11-18)12(2)14-10-6-8-13-7-4-5-9-15(13)14/h4-5,7,9,14H,3,6,8,10H2,1-2H3. The predicted octanol–water partition coefficient (Wildman–Crippen LogP) is 3.51. The molecule has 1 aliphatic carbocycles. The van der Waals surface area contributed by atoms with Crippen molar-refractivity contribution in [2.45, 2.75) is 39.0 Å². The molecule has 0 amide bonds. The van der Waals surface area contributed by atoms with E-state index in [1.165, 1.54) is 11.1 Å². The average Bonchev–Trinajstić information content (AvgIpc) is 2.47. The molecule has 3 heteroatoms. The third-order valence-corrected chi connectivity index (χ3v) is 3.88. The second-order valence-corrected chi connectivity index (χ2v) is 5.03. The van der Waals surface area contributed by atoms with Crippen LogP contribution in [0.5, 0.6) is 0 Å². The van der Waals surface area contributed by atoms with E-state index in [1.54, 1.807) is 6.92 Å². The van der Waals surface area contributed by atoms with Gasteiger partial charge in [0.25, 0.3) is 0 Å². The number of hydrogen-bond acceptors (Lipinski definition) is 3. The molecule has 0 bridgehead atoms. The van der Waals surface area contributed by atoms with Crippen LogP contribution in [0.25, 0.3) is 0 Å². The van der Waals surface area contributed by atoms with E-state index < -0.39 is 5.97 Å². The second kappa shape index (κ2) is 6.38. The molecule has 0 saturated carbocycles. The lowest BCUT2D eigenvalue weighted by Gasteiger charge is -2.26. The third-order valence-electron chi connectivity index (χ3n) is 3.88. The number of benzene rings is 1. The topological polar surface area (TPSA) is 50.1 Å². The number of esters is 1. The Morgan fingerprint density at radius 1 is 1.45 bits per heavy atom. The summed E-state index contributed by atoms with van der Waals surface area (Å²) >= 11 is 0. The molecular weight excluding hydrogens is 250 g/mol. The molecular formula is C17H19NO2. The summed E-state index contributed by atoms with van der Waals surface area (Å²) in [5, 5.41) is 9.26. The number of carbonyl (C=O) groups is 1. The first-order valence-corrected chi connectivity index (χ1v) is 7.04. The maximum atomic E-state index is 11.9. The van der Waals surface area contributed by atoms with Crippen LogP contribution in [0, 0.1) is 11.3 Å². The van der Waals surface area contributed by atoms with Crippen molar-refractivity contribution in [1.82, 2.24) is 0 Å². The van der Waals surface area contributed by atoms with Crippen molar-refractivity contribution in [3.63, 3.8) is 0 Å². The van der Waals surface area contributed by atoms with E-state index in [9.17, 15) is 10.1 Å². The van der Waals surface area contributed by atoms with Crippen molar-refractivity contribution >= 4 is 5.97 Å². The molecule has 0 heterocycles. The first-order valence-electron chi connectivity index (χ1n) is 7.04. The third kappa shape index (κ3) is 2.75. The van der Waals surface area contributed by atoms with Gasteiger partial charge in [-0.2, -0.15) is 5.26 Å². The summed E-state index contributed by atoms with van der Waals surface area (Å²) in [6.07, 6.45) is 3.13. The van der Waals surface area contributed by atoms with Gasteiger partial charge >= 0.3 is 5.97 Å². The van der Waals surface area contributed by atoms with Crippen molar-refractivity contribution in [2.24, 2.45) is 0 Å². The van der Waals surface area contributed by atoms with Gasteiger partial charge in [-0.05, 0) is 49.8 Å². The number of nitrogens with zero attached hydrogens (tertiary/aromatic N) is 1. The summed E-state index contributed by atoms with van der Waals surface area (Å²) in [7, 11) is 0. The monoisotopic (exact) mass is 269 g/mol. The number of ether oxygens (including phenoxy) is 1. The van der Waals surface area contributed by atoms with Crippen LogP contribution in [0.4, 0.5) is 0 Å². The van der Waals surface area contributed by atoms with Gasteiger partial charge in [0.15, 0.2) is 0 Å². The van der Waals surface area contributed by atoms with E-state index in [0.717, 1.165) is 24.8 Å². The summed E-state index contributed by atoms with van der Waals surface area (Å²) in [6.45, 7) is 3.92. The minimum atomic E-state index is -0.504. The van der Waals surface area contributed by atoms with Crippen LogP contribution >= 0.6 is 0 Å². The molecule has 0 aromatic heterocycles. The number of allylic oxidation sites excluding steroid dienone is 1. The Morgan fingerprint density at radius 3 is 2.90 bits per heavy atom. The highest BCUT2D eigenvalue weighted by Gasteiger charge is 2.25. The van der Waals surface area contributed by atoms with Gasteiger partial charge in [-0.3, -0.25) is 0 Å². The SMILES string of the molecule is CCOC(=O)C(C#N)=C(C)C1CCCc2ccccc21. The average molecular weight is 269 g/mol. The van der Waals surface area contributed by atoms with Crippen LogP contribution in [-0.4, -0.2) is 12.6 Å². The van der Waals surface area contributed by atoms with Crippen LogP contribution < -0.4 is 0 Å². The molecule has 2 rings (SSSR count). The second-order valence-electron chi connectivity index (χ2n) is 5.03. The normalized spacial score (nSPS) is 18.6. The fraction of sp³-hybridized carbons (Fsp3) is 0.412. The predicted molar refractivity (Wildman–Crippen MR) is 77.1 cm³/mol. The fourth-order valence-electron chi connectivity index (χ4n) is 2.88. The van der Waals surface area contributed by atoms with Gasteiger partial charge in [0.05, 0.1) is 6.61 Å². The first kappa shape index (κ1) is 14.3. The molecule has 1 aromatic carbocycles.